The van der Waals surface area contributed by atoms with Crippen LogP contribution in [-0.4, -0.2) is 28.0 Å². The second kappa shape index (κ2) is 5.96. The lowest BCUT2D eigenvalue weighted by Crippen LogP contribution is -2.46. The fourth-order valence-electron chi connectivity index (χ4n) is 3.66. The maximum atomic E-state index is 12.5. The monoisotopic (exact) mass is 312 g/mol. The van der Waals surface area contributed by atoms with E-state index in [4.69, 9.17) is 4.98 Å². The molecule has 0 bridgehead atoms. The van der Waals surface area contributed by atoms with Gasteiger partial charge in [-0.05, 0) is 51.3 Å². The third-order valence-electron chi connectivity index (χ3n) is 5.10. The van der Waals surface area contributed by atoms with Crippen molar-refractivity contribution in [3.8, 4) is 0 Å². The maximum Gasteiger partial charge on any atom is 0.225 e. The second-order valence-corrected chi connectivity index (χ2v) is 6.83. The number of nitrogens with zero attached hydrogens (tertiary/aromatic N) is 2. The van der Waals surface area contributed by atoms with Crippen molar-refractivity contribution in [2.45, 2.75) is 51.2 Å². The number of hydrogen-bond donors (Lipinski definition) is 2. The van der Waals surface area contributed by atoms with Crippen LogP contribution >= 0.6 is 0 Å². The van der Waals surface area contributed by atoms with Gasteiger partial charge in [0.15, 0.2) is 0 Å². The Morgan fingerprint density at radius 3 is 2.96 bits per heavy atom. The Morgan fingerprint density at radius 2 is 2.17 bits per heavy atom. The molecule has 2 N–H and O–H groups in total. The molecule has 5 nitrogen and oxygen atoms in total. The van der Waals surface area contributed by atoms with Gasteiger partial charge in [0.2, 0.25) is 5.91 Å². The van der Waals surface area contributed by atoms with E-state index in [2.05, 4.69) is 34.3 Å². The van der Waals surface area contributed by atoms with Crippen LogP contribution in [-0.2, 0) is 11.3 Å². The fourth-order valence-corrected chi connectivity index (χ4v) is 3.66. The fraction of sp³-hybridized carbons (Fsp3) is 0.556. The summed E-state index contributed by atoms with van der Waals surface area (Å²) >= 11 is 0. The van der Waals surface area contributed by atoms with Crippen molar-refractivity contribution in [1.82, 2.24) is 20.2 Å². The van der Waals surface area contributed by atoms with Crippen molar-refractivity contribution >= 4 is 16.9 Å². The van der Waals surface area contributed by atoms with Gasteiger partial charge in [0.25, 0.3) is 0 Å². The number of carbonyl (C=O) groups excluding carboxylic acids is 1. The van der Waals surface area contributed by atoms with E-state index < -0.39 is 0 Å². The zero-order chi connectivity index (χ0) is 15.8. The van der Waals surface area contributed by atoms with Gasteiger partial charge < -0.3 is 15.2 Å². The predicted octanol–water partition coefficient (Wildman–Crippen LogP) is 2.38. The molecule has 122 valence electrons. The molecule has 1 saturated heterocycles. The first-order valence-electron chi connectivity index (χ1n) is 8.71. The Morgan fingerprint density at radius 1 is 1.35 bits per heavy atom. The lowest BCUT2D eigenvalue weighted by atomic mass is 9.91. The Hall–Kier alpha value is -1.88. The minimum absolute atomic E-state index is 0.0718. The number of amides is 1. The first-order chi connectivity index (χ1) is 11.2. The van der Waals surface area contributed by atoms with E-state index in [0.29, 0.717) is 12.6 Å². The number of hydrogen-bond acceptors (Lipinski definition) is 3. The second-order valence-electron chi connectivity index (χ2n) is 6.83. The minimum Gasteiger partial charge on any atom is -0.349 e. The van der Waals surface area contributed by atoms with Crippen LogP contribution in [0.25, 0.3) is 11.0 Å². The third kappa shape index (κ3) is 2.85. The number of carbonyl (C=O) groups is 1. The molecule has 23 heavy (non-hydrogen) atoms. The molecule has 1 saturated carbocycles. The van der Waals surface area contributed by atoms with Crippen LogP contribution in [0.2, 0.25) is 0 Å². The lowest BCUT2D eigenvalue weighted by Gasteiger charge is -2.28. The Bertz CT molecular complexity index is 719. The molecule has 2 atom stereocenters. The van der Waals surface area contributed by atoms with Gasteiger partial charge in [-0.25, -0.2) is 4.98 Å². The Balaban J connectivity index is 1.51. The summed E-state index contributed by atoms with van der Waals surface area (Å²) in [6.07, 6.45) is 4.47. The molecule has 2 fully saturated rings. The molecule has 2 unspecified atom stereocenters. The minimum atomic E-state index is 0.0718. The molecule has 1 aromatic carbocycles. The van der Waals surface area contributed by atoms with Crippen LogP contribution in [0.4, 0.5) is 0 Å². The average Bonchev–Trinajstić information content (AvgIpc) is 3.33. The third-order valence-corrected chi connectivity index (χ3v) is 5.10. The number of fused-ring (bicyclic) bond motifs is 1. The molecule has 1 aliphatic carbocycles. The van der Waals surface area contributed by atoms with E-state index in [1.54, 1.807) is 0 Å². The van der Waals surface area contributed by atoms with E-state index >= 15 is 0 Å². The molecule has 4 rings (SSSR count). The summed E-state index contributed by atoms with van der Waals surface area (Å²) in [5, 5.41) is 6.51. The topological polar surface area (TPSA) is 59.0 Å². The van der Waals surface area contributed by atoms with E-state index in [0.717, 1.165) is 30.7 Å². The molecule has 1 amide bonds. The van der Waals surface area contributed by atoms with Crippen molar-refractivity contribution in [1.29, 1.82) is 0 Å². The van der Waals surface area contributed by atoms with E-state index in [9.17, 15) is 4.79 Å². The molecule has 5 heteroatoms. The highest BCUT2D eigenvalue weighted by Gasteiger charge is 2.30. The zero-order valence-corrected chi connectivity index (χ0v) is 13.6. The van der Waals surface area contributed by atoms with Gasteiger partial charge >= 0.3 is 0 Å². The smallest absolute Gasteiger partial charge is 0.225 e. The number of piperidine rings is 1. The Kier molecular flexibility index (Phi) is 3.81. The van der Waals surface area contributed by atoms with Gasteiger partial charge in [0.1, 0.15) is 5.82 Å². The zero-order valence-electron chi connectivity index (χ0n) is 13.6. The molecule has 2 aromatic rings. The SMILES string of the molecule is CC1NCCCC1C(=O)NCc1nc2ccccc2n1C1CC1. The van der Waals surface area contributed by atoms with Crippen molar-refractivity contribution in [3.05, 3.63) is 30.1 Å². The molecule has 1 aromatic heterocycles. The van der Waals surface area contributed by atoms with Gasteiger partial charge in [-0.3, -0.25) is 4.79 Å². The van der Waals surface area contributed by atoms with Gasteiger partial charge in [0, 0.05) is 12.1 Å². The van der Waals surface area contributed by atoms with E-state index in [1.807, 2.05) is 12.1 Å². The van der Waals surface area contributed by atoms with Gasteiger partial charge in [-0.1, -0.05) is 12.1 Å². The van der Waals surface area contributed by atoms with Gasteiger partial charge in [-0.15, -0.1) is 0 Å². The van der Waals surface area contributed by atoms with Crippen LogP contribution in [0.3, 0.4) is 0 Å². The van der Waals surface area contributed by atoms with Crippen LogP contribution in [0.15, 0.2) is 24.3 Å². The molecule has 1 aliphatic heterocycles. The number of imidazole rings is 1. The summed E-state index contributed by atoms with van der Waals surface area (Å²) in [6, 6.07) is 9.06. The molecular weight excluding hydrogens is 288 g/mol. The predicted molar refractivity (Wildman–Crippen MR) is 90.0 cm³/mol. The molecule has 2 heterocycles. The van der Waals surface area contributed by atoms with Crippen molar-refractivity contribution in [2.24, 2.45) is 5.92 Å². The molecular formula is C18H24N4O. The lowest BCUT2D eigenvalue weighted by molar-refractivity contribution is -0.126. The van der Waals surface area contributed by atoms with E-state index in [-0.39, 0.29) is 17.9 Å². The summed E-state index contributed by atoms with van der Waals surface area (Å²) in [7, 11) is 0. The van der Waals surface area contributed by atoms with Crippen LogP contribution in [0.5, 0.6) is 0 Å². The van der Waals surface area contributed by atoms with Gasteiger partial charge in [0.05, 0.1) is 23.5 Å². The van der Waals surface area contributed by atoms with E-state index in [1.165, 1.54) is 18.4 Å². The average molecular weight is 312 g/mol. The highest BCUT2D eigenvalue weighted by Crippen LogP contribution is 2.38. The number of aromatic nitrogens is 2. The Labute approximate surface area is 136 Å². The number of benzene rings is 1. The first-order valence-corrected chi connectivity index (χ1v) is 8.71. The summed E-state index contributed by atoms with van der Waals surface area (Å²) in [5.41, 5.74) is 2.21. The number of rotatable bonds is 4. The summed E-state index contributed by atoms with van der Waals surface area (Å²) in [5.74, 6) is 1.21. The normalized spacial score (nSPS) is 24.7. The highest BCUT2D eigenvalue weighted by atomic mass is 16.1. The summed E-state index contributed by atoms with van der Waals surface area (Å²) in [6.45, 7) is 3.64. The van der Waals surface area contributed by atoms with Crippen LogP contribution in [0, 0.1) is 5.92 Å². The number of nitrogens with one attached hydrogen (secondary N) is 2. The summed E-state index contributed by atoms with van der Waals surface area (Å²) in [4.78, 5) is 17.2. The van der Waals surface area contributed by atoms with Gasteiger partial charge in [-0.2, -0.15) is 0 Å². The largest absolute Gasteiger partial charge is 0.349 e. The summed E-state index contributed by atoms with van der Waals surface area (Å²) < 4.78 is 2.32. The molecule has 2 aliphatic rings. The maximum absolute atomic E-state index is 12.5. The van der Waals surface area contributed by atoms with Crippen LogP contribution in [0.1, 0.15) is 44.5 Å². The van der Waals surface area contributed by atoms with Crippen molar-refractivity contribution < 1.29 is 4.79 Å². The van der Waals surface area contributed by atoms with Crippen LogP contribution < -0.4 is 10.6 Å². The number of para-hydroxylation sites is 2. The molecule has 0 radical (unpaired) electrons. The van der Waals surface area contributed by atoms with Crippen molar-refractivity contribution in [2.75, 3.05) is 6.54 Å². The highest BCUT2D eigenvalue weighted by molar-refractivity contribution is 5.80. The first kappa shape index (κ1) is 14.7. The van der Waals surface area contributed by atoms with Crippen molar-refractivity contribution in [3.63, 3.8) is 0 Å². The quantitative estimate of drug-likeness (QED) is 0.911. The molecule has 0 spiro atoms. The standard InChI is InChI=1S/C18H24N4O/c1-12-14(5-4-10-19-12)18(23)20-11-17-21-15-6-2-3-7-16(15)22(17)13-8-9-13/h2-3,6-7,12-14,19H,4-5,8-11H2,1H3,(H,20,23).